The minimum Gasteiger partial charge on any atom is -0.382 e. The maximum atomic E-state index is 5.23. The van der Waals surface area contributed by atoms with Gasteiger partial charge in [-0.15, -0.1) is 0 Å². The summed E-state index contributed by atoms with van der Waals surface area (Å²) in [5.74, 6) is 0. The van der Waals surface area contributed by atoms with Crippen molar-refractivity contribution in [1.29, 1.82) is 0 Å². The average molecular weight is 288 g/mol. The highest BCUT2D eigenvalue weighted by Crippen LogP contribution is 2.15. The fourth-order valence-corrected chi connectivity index (χ4v) is 1.92. The van der Waals surface area contributed by atoms with E-state index < -0.39 is 0 Å². The van der Waals surface area contributed by atoms with Crippen LogP contribution in [0.4, 0.5) is 0 Å². The van der Waals surface area contributed by atoms with Crippen molar-refractivity contribution in [1.82, 2.24) is 0 Å². The molecular formula is C16H32O4. The molecule has 2 aliphatic heterocycles. The van der Waals surface area contributed by atoms with E-state index in [1.807, 2.05) is 13.8 Å². The summed E-state index contributed by atoms with van der Waals surface area (Å²) in [6.45, 7) is 8.93. The van der Waals surface area contributed by atoms with Gasteiger partial charge in [0, 0.05) is 13.2 Å². The molecule has 2 saturated heterocycles. The molecule has 2 heterocycles. The van der Waals surface area contributed by atoms with E-state index in [0.29, 0.717) is 12.2 Å². The average Bonchev–Trinajstić information content (AvgIpc) is 3.38. The van der Waals surface area contributed by atoms with Crippen molar-refractivity contribution in [3.63, 3.8) is 0 Å². The van der Waals surface area contributed by atoms with Crippen molar-refractivity contribution >= 4 is 0 Å². The van der Waals surface area contributed by atoms with Gasteiger partial charge in [-0.1, -0.05) is 38.5 Å². The van der Waals surface area contributed by atoms with Crippen molar-refractivity contribution in [3.05, 3.63) is 0 Å². The first-order valence-electron chi connectivity index (χ1n) is 8.25. The Balaban J connectivity index is 0.000000160. The van der Waals surface area contributed by atoms with E-state index in [0.717, 1.165) is 39.6 Å². The van der Waals surface area contributed by atoms with Crippen LogP contribution in [0.1, 0.15) is 52.4 Å². The molecule has 1 saturated carbocycles. The highest BCUT2D eigenvalue weighted by Gasteiger charge is 2.26. The summed E-state index contributed by atoms with van der Waals surface area (Å²) in [5, 5.41) is 0. The molecule has 0 radical (unpaired) electrons. The Morgan fingerprint density at radius 2 is 1.05 bits per heavy atom. The van der Waals surface area contributed by atoms with Gasteiger partial charge in [-0.05, 0) is 13.8 Å². The van der Waals surface area contributed by atoms with Gasteiger partial charge in [0.05, 0.1) is 26.4 Å². The van der Waals surface area contributed by atoms with Gasteiger partial charge >= 0.3 is 0 Å². The van der Waals surface area contributed by atoms with Crippen LogP contribution in [0.2, 0.25) is 0 Å². The first kappa shape index (κ1) is 17.9. The predicted octanol–water partition coefficient (Wildman–Crippen LogP) is 3.18. The number of hydrogen-bond donors (Lipinski definition) is 0. The molecule has 0 spiro atoms. The van der Waals surface area contributed by atoms with Gasteiger partial charge in [0.15, 0.2) is 0 Å². The summed E-state index contributed by atoms with van der Waals surface area (Å²) in [4.78, 5) is 0. The molecule has 2 unspecified atom stereocenters. The molecule has 0 bridgehead atoms. The first-order chi connectivity index (χ1) is 9.86. The van der Waals surface area contributed by atoms with Gasteiger partial charge in [-0.3, -0.25) is 0 Å². The monoisotopic (exact) mass is 288 g/mol. The molecule has 3 aliphatic rings. The standard InChI is InChI=1S/C6H10O3.C6H12.C4H10O/c1(5-3-8-5)7-2-6-4-9-6;1-2-4-6-5-3-1;1-3-5-4-2/h5-6H,1-4H2;1-6H2;3-4H2,1-2H3. The van der Waals surface area contributed by atoms with Crippen molar-refractivity contribution < 1.29 is 18.9 Å². The molecule has 2 atom stereocenters. The fourth-order valence-electron chi connectivity index (χ4n) is 1.92. The molecular weight excluding hydrogens is 256 g/mol. The van der Waals surface area contributed by atoms with E-state index in [9.17, 15) is 0 Å². The Labute approximate surface area is 124 Å². The molecule has 1 aliphatic carbocycles. The third-order valence-corrected chi connectivity index (χ3v) is 3.32. The van der Waals surface area contributed by atoms with Gasteiger partial charge < -0.3 is 18.9 Å². The van der Waals surface area contributed by atoms with E-state index in [2.05, 4.69) is 0 Å². The summed E-state index contributed by atoms with van der Waals surface area (Å²) >= 11 is 0. The molecule has 0 aromatic rings. The molecule has 0 N–H and O–H groups in total. The number of epoxide rings is 2. The molecule has 4 heteroatoms. The Morgan fingerprint density at radius 3 is 1.25 bits per heavy atom. The van der Waals surface area contributed by atoms with Crippen LogP contribution in [0.3, 0.4) is 0 Å². The second-order valence-electron chi connectivity index (χ2n) is 5.35. The Hall–Kier alpha value is -0.160. The maximum Gasteiger partial charge on any atom is 0.104 e. The molecule has 3 rings (SSSR count). The third-order valence-electron chi connectivity index (χ3n) is 3.32. The lowest BCUT2D eigenvalue weighted by molar-refractivity contribution is 0.102. The fraction of sp³-hybridized carbons (Fsp3) is 1.00. The first-order valence-corrected chi connectivity index (χ1v) is 8.25. The highest BCUT2D eigenvalue weighted by atomic mass is 16.6. The van der Waals surface area contributed by atoms with Crippen molar-refractivity contribution in [2.24, 2.45) is 0 Å². The quantitative estimate of drug-likeness (QED) is 0.704. The van der Waals surface area contributed by atoms with Crippen LogP contribution >= 0.6 is 0 Å². The van der Waals surface area contributed by atoms with Crippen LogP contribution in [0.5, 0.6) is 0 Å². The number of ether oxygens (including phenoxy) is 4. The molecule has 20 heavy (non-hydrogen) atoms. The van der Waals surface area contributed by atoms with Gasteiger partial charge in [0.25, 0.3) is 0 Å². The van der Waals surface area contributed by atoms with Gasteiger partial charge in [0.1, 0.15) is 12.2 Å². The molecule has 4 nitrogen and oxygen atoms in total. The zero-order valence-electron chi connectivity index (χ0n) is 13.3. The largest absolute Gasteiger partial charge is 0.382 e. The molecule has 120 valence electrons. The second-order valence-corrected chi connectivity index (χ2v) is 5.35. The molecule has 0 aromatic heterocycles. The lowest BCUT2D eigenvalue weighted by Gasteiger charge is -2.05. The van der Waals surface area contributed by atoms with Crippen molar-refractivity contribution in [3.8, 4) is 0 Å². The topological polar surface area (TPSA) is 43.5 Å². The molecule has 0 amide bonds. The van der Waals surface area contributed by atoms with Crippen LogP contribution < -0.4 is 0 Å². The van der Waals surface area contributed by atoms with Crippen LogP contribution in [0.15, 0.2) is 0 Å². The number of hydrogen-bond acceptors (Lipinski definition) is 4. The van der Waals surface area contributed by atoms with E-state index in [1.165, 1.54) is 38.5 Å². The Bertz CT molecular complexity index is 173. The highest BCUT2D eigenvalue weighted by molar-refractivity contribution is 4.71. The summed E-state index contributed by atoms with van der Waals surface area (Å²) in [5.41, 5.74) is 0. The minimum absolute atomic E-state index is 0.392. The van der Waals surface area contributed by atoms with Crippen molar-refractivity contribution in [2.75, 3.05) is 39.6 Å². The third kappa shape index (κ3) is 12.9. The van der Waals surface area contributed by atoms with Gasteiger partial charge in [0.2, 0.25) is 0 Å². The van der Waals surface area contributed by atoms with Crippen LogP contribution in [-0.4, -0.2) is 51.8 Å². The summed E-state index contributed by atoms with van der Waals surface area (Å²) < 4.78 is 20.0. The van der Waals surface area contributed by atoms with Gasteiger partial charge in [-0.25, -0.2) is 0 Å². The van der Waals surface area contributed by atoms with E-state index in [-0.39, 0.29) is 0 Å². The van der Waals surface area contributed by atoms with Crippen molar-refractivity contribution in [2.45, 2.75) is 64.6 Å². The Morgan fingerprint density at radius 1 is 0.700 bits per heavy atom. The maximum absolute atomic E-state index is 5.23. The summed E-state index contributed by atoms with van der Waals surface area (Å²) in [7, 11) is 0. The summed E-state index contributed by atoms with van der Waals surface area (Å²) in [6, 6.07) is 0. The second kappa shape index (κ2) is 12.6. The minimum atomic E-state index is 0.392. The van der Waals surface area contributed by atoms with E-state index in [4.69, 9.17) is 18.9 Å². The lowest BCUT2D eigenvalue weighted by atomic mass is 10.0. The molecule has 0 aromatic carbocycles. The Kier molecular flexibility index (Phi) is 11.2. The van der Waals surface area contributed by atoms with Crippen LogP contribution in [-0.2, 0) is 18.9 Å². The van der Waals surface area contributed by atoms with Crippen LogP contribution in [0.25, 0.3) is 0 Å². The zero-order valence-corrected chi connectivity index (χ0v) is 13.3. The number of rotatable bonds is 6. The molecule has 3 fully saturated rings. The van der Waals surface area contributed by atoms with E-state index >= 15 is 0 Å². The summed E-state index contributed by atoms with van der Waals surface area (Å²) in [6.07, 6.45) is 9.78. The van der Waals surface area contributed by atoms with E-state index in [1.54, 1.807) is 0 Å². The normalized spacial score (nSPS) is 26.7. The van der Waals surface area contributed by atoms with Gasteiger partial charge in [-0.2, -0.15) is 0 Å². The smallest absolute Gasteiger partial charge is 0.104 e. The predicted molar refractivity (Wildman–Crippen MR) is 80.2 cm³/mol. The lowest BCUT2D eigenvalue weighted by Crippen LogP contribution is -2.06. The SMILES string of the molecule is C(OCC1CO1)C1CO1.C1CCCCC1.CCOCC. The van der Waals surface area contributed by atoms with Crippen LogP contribution in [0, 0.1) is 0 Å². The zero-order chi connectivity index (χ0) is 14.5.